The number of carbonyl (C=O) groups is 2. The molecule has 1 heterocycles. The lowest BCUT2D eigenvalue weighted by Crippen LogP contribution is -2.15. The van der Waals surface area contributed by atoms with Gasteiger partial charge in [-0.05, 0) is 61.9 Å². The van der Waals surface area contributed by atoms with E-state index in [0.29, 0.717) is 22.2 Å². The average Bonchev–Trinajstić information content (AvgIpc) is 3.21. The van der Waals surface area contributed by atoms with Crippen molar-refractivity contribution in [1.82, 2.24) is 14.8 Å². The molecule has 0 radical (unpaired) electrons. The average molecular weight is 472 g/mol. The maximum Gasteiger partial charge on any atom is 0.255 e. The topological polar surface area (TPSA) is 88.9 Å². The Kier molecular flexibility index (Phi) is 7.08. The quantitative estimate of drug-likeness (QED) is 0.367. The van der Waals surface area contributed by atoms with Crippen molar-refractivity contribution in [3.63, 3.8) is 0 Å². The van der Waals surface area contributed by atoms with Crippen LogP contribution in [0.5, 0.6) is 0 Å². The van der Waals surface area contributed by atoms with Gasteiger partial charge < -0.3 is 15.2 Å². The summed E-state index contributed by atoms with van der Waals surface area (Å²) >= 11 is 1.33. The van der Waals surface area contributed by atoms with Gasteiger partial charge in [-0.25, -0.2) is 0 Å². The number of thioether (sulfide) groups is 1. The first-order chi connectivity index (χ1) is 16.4. The Balaban J connectivity index is 1.37. The summed E-state index contributed by atoms with van der Waals surface area (Å²) in [7, 11) is 1.87. The Hall–Kier alpha value is -3.91. The lowest BCUT2D eigenvalue weighted by atomic mass is 10.1. The van der Waals surface area contributed by atoms with Crippen LogP contribution >= 0.6 is 11.8 Å². The molecule has 4 aromatic rings. The molecule has 2 amide bonds. The van der Waals surface area contributed by atoms with Crippen molar-refractivity contribution < 1.29 is 9.59 Å². The number of carbonyl (C=O) groups excluding carboxylic acids is 2. The van der Waals surface area contributed by atoms with Crippen LogP contribution in [0.4, 0.5) is 11.4 Å². The molecule has 8 heteroatoms. The number of hydrogen-bond donors (Lipinski definition) is 2. The monoisotopic (exact) mass is 471 g/mol. The van der Waals surface area contributed by atoms with Crippen LogP contribution in [0.1, 0.15) is 21.5 Å². The molecule has 34 heavy (non-hydrogen) atoms. The summed E-state index contributed by atoms with van der Waals surface area (Å²) in [6.07, 6.45) is 0. The summed E-state index contributed by atoms with van der Waals surface area (Å²) in [5.74, 6) is 0.645. The van der Waals surface area contributed by atoms with E-state index >= 15 is 0 Å². The molecular formula is C26H25N5O2S. The summed E-state index contributed by atoms with van der Waals surface area (Å²) in [5.41, 5.74) is 5.15. The third kappa shape index (κ3) is 5.52. The fourth-order valence-corrected chi connectivity index (χ4v) is 4.17. The number of rotatable bonds is 7. The molecule has 1 aromatic heterocycles. The molecule has 0 unspecified atom stereocenters. The predicted molar refractivity (Wildman–Crippen MR) is 136 cm³/mol. The summed E-state index contributed by atoms with van der Waals surface area (Å²) in [6.45, 7) is 4.00. The van der Waals surface area contributed by atoms with Crippen LogP contribution in [0.25, 0.3) is 11.4 Å². The van der Waals surface area contributed by atoms with Gasteiger partial charge >= 0.3 is 0 Å². The molecule has 0 saturated carbocycles. The minimum Gasteiger partial charge on any atom is -0.325 e. The van der Waals surface area contributed by atoms with Crippen molar-refractivity contribution in [2.75, 3.05) is 16.4 Å². The zero-order valence-electron chi connectivity index (χ0n) is 19.2. The van der Waals surface area contributed by atoms with E-state index in [2.05, 4.69) is 20.8 Å². The highest BCUT2D eigenvalue weighted by Gasteiger charge is 2.14. The first-order valence-electron chi connectivity index (χ1n) is 10.8. The van der Waals surface area contributed by atoms with Crippen LogP contribution in [-0.2, 0) is 11.8 Å². The van der Waals surface area contributed by atoms with Gasteiger partial charge in [-0.3, -0.25) is 9.59 Å². The van der Waals surface area contributed by atoms with Gasteiger partial charge in [0.05, 0.1) is 5.75 Å². The van der Waals surface area contributed by atoms with Gasteiger partial charge in [0.1, 0.15) is 0 Å². The maximum atomic E-state index is 12.4. The molecule has 0 aliphatic heterocycles. The van der Waals surface area contributed by atoms with Crippen molar-refractivity contribution >= 4 is 35.0 Å². The molecule has 172 valence electrons. The molecule has 3 aromatic carbocycles. The van der Waals surface area contributed by atoms with E-state index in [1.165, 1.54) is 11.8 Å². The van der Waals surface area contributed by atoms with Crippen molar-refractivity contribution in [2.24, 2.45) is 7.05 Å². The predicted octanol–water partition coefficient (Wildman–Crippen LogP) is 5.08. The third-order valence-corrected chi connectivity index (χ3v) is 6.28. The Labute approximate surface area is 202 Å². The maximum absolute atomic E-state index is 12.4. The van der Waals surface area contributed by atoms with Crippen molar-refractivity contribution in [2.45, 2.75) is 19.0 Å². The van der Waals surface area contributed by atoms with Gasteiger partial charge in [-0.15, -0.1) is 10.2 Å². The van der Waals surface area contributed by atoms with E-state index in [1.54, 1.807) is 12.1 Å². The van der Waals surface area contributed by atoms with Gasteiger partial charge in [0.2, 0.25) is 5.91 Å². The van der Waals surface area contributed by atoms with Gasteiger partial charge in [-0.1, -0.05) is 47.7 Å². The molecule has 0 bridgehead atoms. The largest absolute Gasteiger partial charge is 0.325 e. The first-order valence-corrected chi connectivity index (χ1v) is 11.8. The highest BCUT2D eigenvalue weighted by atomic mass is 32.2. The van der Waals surface area contributed by atoms with Crippen LogP contribution in [0.15, 0.2) is 78.0 Å². The SMILES string of the molecule is Cc1ccc(NC(=O)CSc2nnc(-c3ccc(NC(=O)c4ccccc4)cc3)n2C)c(C)c1. The lowest BCUT2D eigenvalue weighted by molar-refractivity contribution is -0.113. The Morgan fingerprint density at radius 2 is 1.65 bits per heavy atom. The molecule has 0 atom stereocenters. The van der Waals surface area contributed by atoms with E-state index in [-0.39, 0.29) is 17.6 Å². The Bertz CT molecular complexity index is 1320. The van der Waals surface area contributed by atoms with E-state index < -0.39 is 0 Å². The number of aryl methyl sites for hydroxylation is 2. The summed E-state index contributed by atoms with van der Waals surface area (Å²) in [4.78, 5) is 24.7. The Morgan fingerprint density at radius 3 is 2.35 bits per heavy atom. The first kappa shape index (κ1) is 23.3. The molecule has 0 spiro atoms. The highest BCUT2D eigenvalue weighted by molar-refractivity contribution is 7.99. The zero-order valence-corrected chi connectivity index (χ0v) is 20.0. The Morgan fingerprint density at radius 1 is 0.912 bits per heavy atom. The number of amides is 2. The van der Waals surface area contributed by atoms with Crippen LogP contribution in [0, 0.1) is 13.8 Å². The number of benzene rings is 3. The number of hydrogen-bond acceptors (Lipinski definition) is 5. The summed E-state index contributed by atoms with van der Waals surface area (Å²) in [5, 5.41) is 15.0. The number of aromatic nitrogens is 3. The molecule has 0 saturated heterocycles. The van der Waals surface area contributed by atoms with E-state index in [4.69, 9.17) is 0 Å². The normalized spacial score (nSPS) is 10.7. The van der Waals surface area contributed by atoms with Gasteiger partial charge in [-0.2, -0.15) is 0 Å². The molecule has 0 aliphatic carbocycles. The van der Waals surface area contributed by atoms with Crippen molar-refractivity contribution in [1.29, 1.82) is 0 Å². The highest BCUT2D eigenvalue weighted by Crippen LogP contribution is 2.24. The van der Waals surface area contributed by atoms with E-state index in [1.807, 2.05) is 86.1 Å². The third-order valence-electron chi connectivity index (χ3n) is 5.26. The lowest BCUT2D eigenvalue weighted by Gasteiger charge is -2.09. The smallest absolute Gasteiger partial charge is 0.255 e. The van der Waals surface area contributed by atoms with Crippen molar-refractivity contribution in [3.8, 4) is 11.4 Å². The van der Waals surface area contributed by atoms with Crippen LogP contribution in [0.3, 0.4) is 0 Å². The van der Waals surface area contributed by atoms with Gasteiger partial charge in [0, 0.05) is 29.5 Å². The zero-order chi connectivity index (χ0) is 24.1. The standard InChI is InChI=1S/C26H25N5O2S/c1-17-9-14-22(18(2)15-17)28-23(32)16-34-26-30-29-24(31(26)3)19-10-12-21(13-11-19)27-25(33)20-7-5-4-6-8-20/h4-15H,16H2,1-3H3,(H,27,33)(H,28,32). The van der Waals surface area contributed by atoms with Crippen LogP contribution in [-0.4, -0.2) is 32.3 Å². The van der Waals surface area contributed by atoms with Crippen molar-refractivity contribution in [3.05, 3.63) is 89.5 Å². The summed E-state index contributed by atoms with van der Waals surface area (Å²) < 4.78 is 1.85. The second-order valence-electron chi connectivity index (χ2n) is 7.92. The summed E-state index contributed by atoms with van der Waals surface area (Å²) in [6, 6.07) is 22.4. The number of nitrogens with one attached hydrogen (secondary N) is 2. The molecule has 0 aliphatic rings. The molecule has 0 fully saturated rings. The minimum atomic E-state index is -0.162. The molecule has 4 rings (SSSR count). The molecule has 7 nitrogen and oxygen atoms in total. The number of nitrogens with zero attached hydrogens (tertiary/aromatic N) is 3. The number of anilines is 2. The van der Waals surface area contributed by atoms with Gasteiger partial charge in [0.25, 0.3) is 5.91 Å². The second kappa shape index (κ2) is 10.4. The fourth-order valence-electron chi connectivity index (χ4n) is 3.46. The molecule has 2 N–H and O–H groups in total. The minimum absolute atomic E-state index is 0.0972. The fraction of sp³-hybridized carbons (Fsp3) is 0.154. The van der Waals surface area contributed by atoms with Crippen LogP contribution in [0.2, 0.25) is 0 Å². The van der Waals surface area contributed by atoms with E-state index in [9.17, 15) is 9.59 Å². The van der Waals surface area contributed by atoms with Crippen LogP contribution < -0.4 is 10.6 Å². The van der Waals surface area contributed by atoms with Gasteiger partial charge in [0.15, 0.2) is 11.0 Å². The van der Waals surface area contributed by atoms with E-state index in [0.717, 1.165) is 22.4 Å². The molecular weight excluding hydrogens is 446 g/mol. The second-order valence-corrected chi connectivity index (χ2v) is 8.86.